The minimum absolute atomic E-state index is 0.0345. The Morgan fingerprint density at radius 2 is 2.18 bits per heavy atom. The van der Waals surface area contributed by atoms with Crippen LogP contribution in [0.5, 0.6) is 0 Å². The molecule has 0 spiro atoms. The first-order valence-electron chi connectivity index (χ1n) is 6.35. The molecule has 3 N–H and O–H groups in total. The fraction of sp³-hybridized carbons (Fsp3) is 0.615. The van der Waals surface area contributed by atoms with Crippen molar-refractivity contribution in [3.63, 3.8) is 0 Å². The van der Waals surface area contributed by atoms with Crippen LogP contribution in [0.4, 0.5) is 5.69 Å². The highest BCUT2D eigenvalue weighted by Gasteiger charge is 2.17. The van der Waals surface area contributed by atoms with Crippen molar-refractivity contribution in [2.45, 2.75) is 38.3 Å². The molecule has 0 unspecified atom stereocenters. The number of nitrogens with two attached hydrogens (primary N) is 1. The van der Waals surface area contributed by atoms with Crippen LogP contribution in [0.15, 0.2) is 18.3 Å². The third-order valence-electron chi connectivity index (χ3n) is 3.42. The van der Waals surface area contributed by atoms with Gasteiger partial charge in [0.1, 0.15) is 0 Å². The molecule has 4 nitrogen and oxygen atoms in total. The maximum absolute atomic E-state index is 9.46. The molecule has 0 bridgehead atoms. The van der Waals surface area contributed by atoms with Gasteiger partial charge in [-0.15, -0.1) is 0 Å². The molecule has 17 heavy (non-hydrogen) atoms. The Labute approximate surface area is 102 Å². The Balaban J connectivity index is 2.02. The third-order valence-corrected chi connectivity index (χ3v) is 3.42. The number of aliphatic hydroxyl groups is 1. The molecule has 1 aromatic rings. The fourth-order valence-electron chi connectivity index (χ4n) is 2.14. The summed E-state index contributed by atoms with van der Waals surface area (Å²) in [6.45, 7) is 3.87. The lowest BCUT2D eigenvalue weighted by Crippen LogP contribution is -2.35. The lowest BCUT2D eigenvalue weighted by molar-refractivity contribution is 0.145. The van der Waals surface area contributed by atoms with E-state index in [9.17, 15) is 5.11 Å². The SMILES string of the molecule is CC[C@@H](N)c1ccc(N2CCC(O)CC2)cn1. The molecule has 4 heteroatoms. The standard InChI is InChI=1S/C13H21N3O/c1-2-12(14)13-4-3-10(9-15-13)16-7-5-11(17)6-8-16/h3-4,9,11-12,17H,2,5-8,14H2,1H3/t12-/m1/s1. The summed E-state index contributed by atoms with van der Waals surface area (Å²) in [4.78, 5) is 6.68. The van der Waals surface area contributed by atoms with Crippen LogP contribution < -0.4 is 10.6 Å². The molecule has 1 saturated heterocycles. The summed E-state index contributed by atoms with van der Waals surface area (Å²) in [5, 5.41) is 9.46. The first-order chi connectivity index (χ1) is 8.20. The zero-order valence-corrected chi connectivity index (χ0v) is 10.3. The van der Waals surface area contributed by atoms with Gasteiger partial charge in [-0.25, -0.2) is 0 Å². The molecule has 94 valence electrons. The zero-order valence-electron chi connectivity index (χ0n) is 10.3. The summed E-state index contributed by atoms with van der Waals surface area (Å²) in [6, 6.07) is 4.12. The molecule has 1 fully saturated rings. The van der Waals surface area contributed by atoms with E-state index in [1.54, 1.807) is 0 Å². The van der Waals surface area contributed by atoms with Crippen LogP contribution in [0.1, 0.15) is 37.9 Å². The second-order valence-corrected chi connectivity index (χ2v) is 4.67. The normalized spacial score (nSPS) is 19.4. The van der Waals surface area contributed by atoms with E-state index in [-0.39, 0.29) is 12.1 Å². The topological polar surface area (TPSA) is 62.4 Å². The molecule has 2 heterocycles. The third kappa shape index (κ3) is 2.96. The van der Waals surface area contributed by atoms with Gasteiger partial charge in [-0.05, 0) is 31.4 Å². The number of aromatic nitrogens is 1. The molecule has 0 radical (unpaired) electrons. The minimum atomic E-state index is -0.132. The molecular weight excluding hydrogens is 214 g/mol. The van der Waals surface area contributed by atoms with Gasteiger partial charge in [0.25, 0.3) is 0 Å². The van der Waals surface area contributed by atoms with Gasteiger partial charge in [0, 0.05) is 19.1 Å². The van der Waals surface area contributed by atoms with Crippen molar-refractivity contribution >= 4 is 5.69 Å². The maximum Gasteiger partial charge on any atom is 0.0574 e. The summed E-state index contributed by atoms with van der Waals surface area (Å²) >= 11 is 0. The van der Waals surface area contributed by atoms with E-state index in [4.69, 9.17) is 5.73 Å². The highest BCUT2D eigenvalue weighted by molar-refractivity contribution is 5.45. The highest BCUT2D eigenvalue weighted by Crippen LogP contribution is 2.20. The smallest absolute Gasteiger partial charge is 0.0574 e. The van der Waals surface area contributed by atoms with Crippen molar-refractivity contribution in [2.24, 2.45) is 5.73 Å². The Bertz CT molecular complexity index is 344. The summed E-state index contributed by atoms with van der Waals surface area (Å²) in [5.74, 6) is 0. The molecular formula is C13H21N3O. The van der Waals surface area contributed by atoms with Gasteiger partial charge in [-0.1, -0.05) is 6.92 Å². The van der Waals surface area contributed by atoms with Crippen LogP contribution in [-0.4, -0.2) is 29.3 Å². The van der Waals surface area contributed by atoms with E-state index >= 15 is 0 Å². The Morgan fingerprint density at radius 3 is 2.71 bits per heavy atom. The highest BCUT2D eigenvalue weighted by atomic mass is 16.3. The number of hydrogen-bond donors (Lipinski definition) is 2. The number of hydrogen-bond acceptors (Lipinski definition) is 4. The van der Waals surface area contributed by atoms with Crippen LogP contribution in [0.25, 0.3) is 0 Å². The number of nitrogens with zero attached hydrogens (tertiary/aromatic N) is 2. The summed E-state index contributed by atoms with van der Waals surface area (Å²) < 4.78 is 0. The van der Waals surface area contributed by atoms with Crippen LogP contribution in [0, 0.1) is 0 Å². The summed E-state index contributed by atoms with van der Waals surface area (Å²) in [6.07, 6.45) is 4.35. The van der Waals surface area contributed by atoms with Crippen molar-refractivity contribution in [1.82, 2.24) is 4.98 Å². The predicted molar refractivity (Wildman–Crippen MR) is 68.9 cm³/mol. The Morgan fingerprint density at radius 1 is 1.47 bits per heavy atom. The van der Waals surface area contributed by atoms with Gasteiger partial charge in [0.15, 0.2) is 0 Å². The molecule has 2 rings (SSSR count). The van der Waals surface area contributed by atoms with Gasteiger partial charge in [-0.2, -0.15) is 0 Å². The van der Waals surface area contributed by atoms with Crippen molar-refractivity contribution in [1.29, 1.82) is 0 Å². The summed E-state index contributed by atoms with van der Waals surface area (Å²) in [7, 11) is 0. The second-order valence-electron chi connectivity index (χ2n) is 4.67. The Kier molecular flexibility index (Phi) is 3.97. The average molecular weight is 235 g/mol. The first-order valence-corrected chi connectivity index (χ1v) is 6.35. The van der Waals surface area contributed by atoms with Crippen LogP contribution >= 0.6 is 0 Å². The second kappa shape index (κ2) is 5.47. The summed E-state index contributed by atoms with van der Waals surface area (Å²) in [5.41, 5.74) is 8.01. The molecule has 0 saturated carbocycles. The van der Waals surface area contributed by atoms with E-state index < -0.39 is 0 Å². The molecule has 1 atom stereocenters. The number of pyridine rings is 1. The van der Waals surface area contributed by atoms with Gasteiger partial charge < -0.3 is 15.7 Å². The van der Waals surface area contributed by atoms with Gasteiger partial charge in [-0.3, -0.25) is 4.98 Å². The molecule has 0 aliphatic carbocycles. The molecule has 1 aliphatic rings. The lowest BCUT2D eigenvalue weighted by atomic mass is 10.1. The fourth-order valence-corrected chi connectivity index (χ4v) is 2.14. The van der Waals surface area contributed by atoms with Gasteiger partial charge in [0.2, 0.25) is 0 Å². The largest absolute Gasteiger partial charge is 0.393 e. The zero-order chi connectivity index (χ0) is 12.3. The average Bonchev–Trinajstić information content (AvgIpc) is 2.39. The number of aliphatic hydroxyl groups excluding tert-OH is 1. The van der Waals surface area contributed by atoms with E-state index in [0.29, 0.717) is 0 Å². The van der Waals surface area contributed by atoms with E-state index in [1.165, 1.54) is 0 Å². The monoisotopic (exact) mass is 235 g/mol. The van der Waals surface area contributed by atoms with Crippen LogP contribution in [0.2, 0.25) is 0 Å². The quantitative estimate of drug-likeness (QED) is 0.832. The molecule has 1 aliphatic heterocycles. The van der Waals surface area contributed by atoms with Crippen molar-refractivity contribution in [2.75, 3.05) is 18.0 Å². The van der Waals surface area contributed by atoms with Crippen molar-refractivity contribution in [3.8, 4) is 0 Å². The van der Waals surface area contributed by atoms with E-state index in [2.05, 4.69) is 22.9 Å². The van der Waals surface area contributed by atoms with E-state index in [0.717, 1.165) is 43.7 Å². The predicted octanol–water partition coefficient (Wildman–Crippen LogP) is 1.45. The number of rotatable bonds is 3. The van der Waals surface area contributed by atoms with Crippen LogP contribution in [0.3, 0.4) is 0 Å². The molecule has 1 aromatic heterocycles. The van der Waals surface area contributed by atoms with Crippen molar-refractivity contribution < 1.29 is 5.11 Å². The number of piperidine rings is 1. The molecule has 0 amide bonds. The van der Waals surface area contributed by atoms with Gasteiger partial charge >= 0.3 is 0 Å². The molecule has 0 aromatic carbocycles. The first kappa shape index (κ1) is 12.3. The van der Waals surface area contributed by atoms with Crippen LogP contribution in [-0.2, 0) is 0 Å². The van der Waals surface area contributed by atoms with Gasteiger partial charge in [0.05, 0.1) is 23.7 Å². The van der Waals surface area contributed by atoms with Crippen molar-refractivity contribution in [3.05, 3.63) is 24.0 Å². The Hall–Kier alpha value is -1.13. The maximum atomic E-state index is 9.46. The van der Waals surface area contributed by atoms with E-state index in [1.807, 2.05) is 12.3 Å². The lowest BCUT2D eigenvalue weighted by Gasteiger charge is -2.31. The minimum Gasteiger partial charge on any atom is -0.393 e. The number of anilines is 1.